The van der Waals surface area contributed by atoms with Crippen LogP contribution in [0.4, 0.5) is 0 Å². The Hall–Kier alpha value is -1.88. The third-order valence-electron chi connectivity index (χ3n) is 4.17. The quantitative estimate of drug-likeness (QED) is 0.918. The molecule has 3 rings (SSSR count). The van der Waals surface area contributed by atoms with Gasteiger partial charge in [0.1, 0.15) is 11.3 Å². The summed E-state index contributed by atoms with van der Waals surface area (Å²) >= 11 is 0. The lowest BCUT2D eigenvalue weighted by Crippen LogP contribution is -2.13. The molecule has 0 atom stereocenters. The Kier molecular flexibility index (Phi) is 3.92. The Morgan fingerprint density at radius 2 is 2.19 bits per heavy atom. The molecule has 0 bridgehead atoms. The summed E-state index contributed by atoms with van der Waals surface area (Å²) in [4.78, 5) is 15.7. The molecule has 1 aliphatic carbocycles. The van der Waals surface area contributed by atoms with Crippen LogP contribution in [0.15, 0.2) is 18.2 Å². The fourth-order valence-corrected chi connectivity index (χ4v) is 3.08. The van der Waals surface area contributed by atoms with E-state index >= 15 is 0 Å². The Bertz CT molecular complexity index is 657. The van der Waals surface area contributed by atoms with Gasteiger partial charge in [0.05, 0.1) is 23.8 Å². The third kappa shape index (κ3) is 2.78. The first-order valence-corrected chi connectivity index (χ1v) is 7.47. The van der Waals surface area contributed by atoms with Gasteiger partial charge in [-0.05, 0) is 31.9 Å². The second kappa shape index (κ2) is 5.85. The van der Waals surface area contributed by atoms with E-state index in [0.717, 1.165) is 24.2 Å². The number of carboxylic acids is 1. The highest BCUT2D eigenvalue weighted by molar-refractivity contribution is 6.01. The first-order chi connectivity index (χ1) is 10.2. The molecule has 5 heteroatoms. The summed E-state index contributed by atoms with van der Waals surface area (Å²) in [6, 6.07) is 5.27. The van der Waals surface area contributed by atoms with Gasteiger partial charge >= 0.3 is 5.97 Å². The van der Waals surface area contributed by atoms with Gasteiger partial charge in [-0.25, -0.2) is 9.78 Å². The molecule has 112 valence electrons. The van der Waals surface area contributed by atoms with E-state index in [0.29, 0.717) is 24.8 Å². The molecule has 21 heavy (non-hydrogen) atoms. The van der Waals surface area contributed by atoms with Gasteiger partial charge in [0.25, 0.3) is 0 Å². The Morgan fingerprint density at radius 3 is 2.90 bits per heavy atom. The average molecular weight is 288 g/mol. The summed E-state index contributed by atoms with van der Waals surface area (Å²) < 4.78 is 7.93. The number of benzene rings is 1. The van der Waals surface area contributed by atoms with Crippen LogP contribution in [0.5, 0.6) is 0 Å². The first-order valence-electron chi connectivity index (χ1n) is 7.47. The van der Waals surface area contributed by atoms with E-state index in [1.54, 1.807) is 12.1 Å². The van der Waals surface area contributed by atoms with Crippen molar-refractivity contribution in [2.75, 3.05) is 6.61 Å². The molecule has 0 saturated heterocycles. The van der Waals surface area contributed by atoms with Crippen LogP contribution in [-0.2, 0) is 11.3 Å². The number of aromatic carboxylic acids is 1. The minimum atomic E-state index is -0.938. The summed E-state index contributed by atoms with van der Waals surface area (Å²) in [5, 5.41) is 9.23. The lowest BCUT2D eigenvalue weighted by Gasteiger charge is -2.12. The minimum absolute atomic E-state index is 0.256. The third-order valence-corrected chi connectivity index (χ3v) is 4.17. The second-order valence-corrected chi connectivity index (χ2v) is 5.57. The predicted molar refractivity (Wildman–Crippen MR) is 79.6 cm³/mol. The Balaban J connectivity index is 1.79. The highest BCUT2D eigenvalue weighted by atomic mass is 16.5. The van der Waals surface area contributed by atoms with Crippen molar-refractivity contribution in [3.05, 3.63) is 29.6 Å². The number of fused-ring (bicyclic) bond motifs is 1. The molecular formula is C16H20N2O3. The number of carboxylic acid groups (broad SMARTS) is 1. The number of hydrogen-bond donors (Lipinski definition) is 1. The molecule has 0 radical (unpaired) electrons. The number of carbonyl (C=O) groups is 1. The molecule has 0 spiro atoms. The average Bonchev–Trinajstić information content (AvgIpc) is 3.07. The summed E-state index contributed by atoms with van der Waals surface area (Å²) in [5.74, 6) is -0.110. The normalized spacial score (nSPS) is 15.9. The van der Waals surface area contributed by atoms with Crippen LogP contribution < -0.4 is 0 Å². The summed E-state index contributed by atoms with van der Waals surface area (Å²) in [6.45, 7) is 3.26. The van der Waals surface area contributed by atoms with Crippen LogP contribution >= 0.6 is 0 Å². The molecule has 1 N–H and O–H groups in total. The van der Waals surface area contributed by atoms with Crippen molar-refractivity contribution in [3.63, 3.8) is 0 Å². The van der Waals surface area contributed by atoms with Gasteiger partial charge in [0, 0.05) is 6.54 Å². The summed E-state index contributed by atoms with van der Waals surface area (Å²) in [7, 11) is 0. The zero-order chi connectivity index (χ0) is 14.8. The van der Waals surface area contributed by atoms with Crippen LogP contribution in [0.1, 0.15) is 41.9 Å². The monoisotopic (exact) mass is 288 g/mol. The van der Waals surface area contributed by atoms with E-state index in [2.05, 4.69) is 4.98 Å². The van der Waals surface area contributed by atoms with E-state index in [9.17, 15) is 9.90 Å². The lowest BCUT2D eigenvalue weighted by atomic mass is 10.2. The molecule has 1 aliphatic rings. The van der Waals surface area contributed by atoms with Gasteiger partial charge in [-0.1, -0.05) is 18.9 Å². The van der Waals surface area contributed by atoms with Crippen molar-refractivity contribution in [2.24, 2.45) is 0 Å². The van der Waals surface area contributed by atoms with Crippen LogP contribution in [0.25, 0.3) is 11.0 Å². The van der Waals surface area contributed by atoms with E-state index < -0.39 is 5.97 Å². The molecule has 0 amide bonds. The number of nitrogens with zero attached hydrogens (tertiary/aromatic N) is 2. The van der Waals surface area contributed by atoms with Crippen molar-refractivity contribution >= 4 is 17.0 Å². The SMILES string of the molecule is Cc1nc2c(C(=O)O)cccc2n1CCOC1CCCC1. The maximum absolute atomic E-state index is 11.2. The minimum Gasteiger partial charge on any atom is -0.478 e. The van der Waals surface area contributed by atoms with E-state index in [1.165, 1.54) is 12.8 Å². The number of rotatable bonds is 5. The van der Waals surface area contributed by atoms with Gasteiger partial charge in [0.15, 0.2) is 0 Å². The molecule has 5 nitrogen and oxygen atoms in total. The van der Waals surface area contributed by atoms with Gasteiger partial charge < -0.3 is 14.4 Å². The number of para-hydroxylation sites is 1. The van der Waals surface area contributed by atoms with Gasteiger partial charge in [-0.2, -0.15) is 0 Å². The van der Waals surface area contributed by atoms with Crippen LogP contribution in [0, 0.1) is 6.92 Å². The Morgan fingerprint density at radius 1 is 1.43 bits per heavy atom. The van der Waals surface area contributed by atoms with Crippen molar-refractivity contribution in [1.29, 1.82) is 0 Å². The van der Waals surface area contributed by atoms with E-state index in [1.807, 2.05) is 17.6 Å². The predicted octanol–water partition coefficient (Wildman–Crippen LogP) is 3.00. The van der Waals surface area contributed by atoms with Gasteiger partial charge in [-0.15, -0.1) is 0 Å². The van der Waals surface area contributed by atoms with E-state index in [-0.39, 0.29) is 5.56 Å². The van der Waals surface area contributed by atoms with Crippen molar-refractivity contribution in [1.82, 2.24) is 9.55 Å². The second-order valence-electron chi connectivity index (χ2n) is 5.57. The maximum Gasteiger partial charge on any atom is 0.337 e. The molecule has 1 aromatic heterocycles. The molecule has 1 heterocycles. The van der Waals surface area contributed by atoms with Crippen molar-refractivity contribution in [2.45, 2.75) is 45.3 Å². The largest absolute Gasteiger partial charge is 0.478 e. The molecular weight excluding hydrogens is 268 g/mol. The fourth-order valence-electron chi connectivity index (χ4n) is 3.08. The first kappa shape index (κ1) is 14.1. The van der Waals surface area contributed by atoms with E-state index in [4.69, 9.17) is 4.74 Å². The lowest BCUT2D eigenvalue weighted by molar-refractivity contribution is 0.0532. The standard InChI is InChI=1S/C16H20N2O3/c1-11-17-15-13(16(19)20)7-4-8-14(15)18(11)9-10-21-12-5-2-3-6-12/h4,7-8,12H,2-3,5-6,9-10H2,1H3,(H,19,20). The number of aryl methyl sites for hydroxylation is 1. The fraction of sp³-hybridized carbons (Fsp3) is 0.500. The smallest absolute Gasteiger partial charge is 0.337 e. The highest BCUT2D eigenvalue weighted by Gasteiger charge is 2.17. The summed E-state index contributed by atoms with van der Waals surface area (Å²) in [6.07, 6.45) is 5.24. The number of hydrogen-bond acceptors (Lipinski definition) is 3. The molecule has 1 saturated carbocycles. The van der Waals surface area contributed by atoms with Gasteiger partial charge in [0.2, 0.25) is 0 Å². The molecule has 0 unspecified atom stereocenters. The Labute approximate surface area is 123 Å². The van der Waals surface area contributed by atoms with Crippen LogP contribution in [0.3, 0.4) is 0 Å². The van der Waals surface area contributed by atoms with Crippen molar-refractivity contribution < 1.29 is 14.6 Å². The maximum atomic E-state index is 11.2. The van der Waals surface area contributed by atoms with Crippen LogP contribution in [0.2, 0.25) is 0 Å². The summed E-state index contributed by atoms with van der Waals surface area (Å²) in [5.41, 5.74) is 1.68. The van der Waals surface area contributed by atoms with Crippen LogP contribution in [-0.4, -0.2) is 33.3 Å². The zero-order valence-corrected chi connectivity index (χ0v) is 12.2. The molecule has 1 aromatic carbocycles. The van der Waals surface area contributed by atoms with Gasteiger partial charge in [-0.3, -0.25) is 0 Å². The topological polar surface area (TPSA) is 64.3 Å². The zero-order valence-electron chi connectivity index (χ0n) is 12.2. The number of imidazole rings is 1. The molecule has 2 aromatic rings. The number of ether oxygens (including phenoxy) is 1. The highest BCUT2D eigenvalue weighted by Crippen LogP contribution is 2.22. The van der Waals surface area contributed by atoms with Crippen molar-refractivity contribution in [3.8, 4) is 0 Å². The molecule has 1 fully saturated rings. The number of aromatic nitrogens is 2. The molecule has 0 aliphatic heterocycles.